The first-order valence-electron chi connectivity index (χ1n) is 6.26. The predicted molar refractivity (Wildman–Crippen MR) is 70.3 cm³/mol. The highest BCUT2D eigenvalue weighted by molar-refractivity contribution is 5.06. The molecule has 0 spiro atoms. The molecule has 4 nitrogen and oxygen atoms in total. The average molecular weight is 237 g/mol. The van der Waals surface area contributed by atoms with Gasteiger partial charge >= 0.3 is 5.69 Å². The summed E-state index contributed by atoms with van der Waals surface area (Å²) < 4.78 is 1.72. The van der Waals surface area contributed by atoms with Gasteiger partial charge in [-0.05, 0) is 38.8 Å². The summed E-state index contributed by atoms with van der Waals surface area (Å²) in [4.78, 5) is 15.6. The van der Waals surface area contributed by atoms with Crippen LogP contribution in [0.4, 0.5) is 0 Å². The normalized spacial score (nSPS) is 11.1. The summed E-state index contributed by atoms with van der Waals surface area (Å²) in [5.74, 6) is 0.716. The van der Waals surface area contributed by atoms with Gasteiger partial charge < -0.3 is 5.32 Å². The van der Waals surface area contributed by atoms with Gasteiger partial charge in [0.05, 0.1) is 0 Å². The number of rotatable bonds is 6. The Morgan fingerprint density at radius 3 is 2.65 bits per heavy atom. The molecule has 0 aromatic carbocycles. The zero-order valence-electron chi connectivity index (χ0n) is 11.3. The van der Waals surface area contributed by atoms with Crippen LogP contribution in [0.3, 0.4) is 0 Å². The molecule has 0 atom stereocenters. The van der Waals surface area contributed by atoms with Gasteiger partial charge in [-0.15, -0.1) is 0 Å². The number of aryl methyl sites for hydroxylation is 2. The standard InChI is InChI=1S/C13H23N3O/c1-10(2)5-6-14-7-8-16-12(4)9-11(3)15-13(16)17/h9-10,14H,5-8H2,1-4H3. The first-order valence-corrected chi connectivity index (χ1v) is 6.26. The topological polar surface area (TPSA) is 46.9 Å². The van der Waals surface area contributed by atoms with Crippen LogP contribution in [0.1, 0.15) is 31.7 Å². The van der Waals surface area contributed by atoms with Crippen molar-refractivity contribution in [2.45, 2.75) is 40.7 Å². The highest BCUT2D eigenvalue weighted by Gasteiger charge is 2.02. The van der Waals surface area contributed by atoms with Gasteiger partial charge in [0.1, 0.15) is 0 Å². The second-order valence-corrected chi connectivity index (χ2v) is 4.91. The molecule has 1 N–H and O–H groups in total. The number of hydrogen-bond acceptors (Lipinski definition) is 3. The predicted octanol–water partition coefficient (Wildman–Crippen LogP) is 1.50. The molecule has 1 rings (SSSR count). The Morgan fingerprint density at radius 1 is 1.35 bits per heavy atom. The summed E-state index contributed by atoms with van der Waals surface area (Å²) in [7, 11) is 0. The first-order chi connectivity index (χ1) is 8.00. The maximum atomic E-state index is 11.7. The van der Waals surface area contributed by atoms with Crippen LogP contribution in [-0.2, 0) is 6.54 Å². The van der Waals surface area contributed by atoms with Crippen molar-refractivity contribution in [3.63, 3.8) is 0 Å². The molecule has 4 heteroatoms. The molecule has 17 heavy (non-hydrogen) atoms. The molecule has 0 bridgehead atoms. The molecule has 96 valence electrons. The molecular formula is C13H23N3O. The highest BCUT2D eigenvalue weighted by atomic mass is 16.1. The lowest BCUT2D eigenvalue weighted by Gasteiger charge is -2.11. The third-order valence-electron chi connectivity index (χ3n) is 2.76. The van der Waals surface area contributed by atoms with Crippen molar-refractivity contribution >= 4 is 0 Å². The highest BCUT2D eigenvalue weighted by Crippen LogP contribution is 1.97. The molecule has 0 aliphatic carbocycles. The fourth-order valence-electron chi connectivity index (χ4n) is 1.75. The van der Waals surface area contributed by atoms with Crippen LogP contribution < -0.4 is 11.0 Å². The Morgan fingerprint density at radius 2 is 2.06 bits per heavy atom. The molecule has 0 fully saturated rings. The number of nitrogens with zero attached hydrogens (tertiary/aromatic N) is 2. The summed E-state index contributed by atoms with van der Waals surface area (Å²) in [6, 6.07) is 1.94. The van der Waals surface area contributed by atoms with Crippen molar-refractivity contribution < 1.29 is 0 Å². The third-order valence-corrected chi connectivity index (χ3v) is 2.76. The molecule has 0 radical (unpaired) electrons. The van der Waals surface area contributed by atoms with Crippen LogP contribution in [0, 0.1) is 19.8 Å². The van der Waals surface area contributed by atoms with E-state index in [2.05, 4.69) is 24.1 Å². The first kappa shape index (κ1) is 13.9. The minimum atomic E-state index is -0.145. The van der Waals surface area contributed by atoms with E-state index >= 15 is 0 Å². The van der Waals surface area contributed by atoms with Gasteiger partial charge in [0, 0.05) is 24.5 Å². The number of hydrogen-bond donors (Lipinski definition) is 1. The van der Waals surface area contributed by atoms with E-state index in [-0.39, 0.29) is 5.69 Å². The van der Waals surface area contributed by atoms with Crippen LogP contribution in [-0.4, -0.2) is 22.6 Å². The van der Waals surface area contributed by atoms with Crippen molar-refractivity contribution in [2.24, 2.45) is 5.92 Å². The largest absolute Gasteiger partial charge is 0.347 e. The Balaban J connectivity index is 2.45. The molecule has 0 saturated heterocycles. The second-order valence-electron chi connectivity index (χ2n) is 4.91. The van der Waals surface area contributed by atoms with Crippen molar-refractivity contribution in [1.29, 1.82) is 0 Å². The molecule has 0 unspecified atom stereocenters. The van der Waals surface area contributed by atoms with Crippen LogP contribution >= 0.6 is 0 Å². The Bertz CT molecular complexity index is 410. The van der Waals surface area contributed by atoms with Crippen molar-refractivity contribution in [3.05, 3.63) is 27.9 Å². The van der Waals surface area contributed by atoms with Crippen LogP contribution in [0.25, 0.3) is 0 Å². The van der Waals surface area contributed by atoms with Crippen LogP contribution in [0.5, 0.6) is 0 Å². The van der Waals surface area contributed by atoms with Gasteiger partial charge in [0.2, 0.25) is 0 Å². The number of nitrogens with one attached hydrogen (secondary N) is 1. The minimum Gasteiger partial charge on any atom is -0.315 e. The molecule has 1 heterocycles. The maximum absolute atomic E-state index is 11.7. The summed E-state index contributed by atoms with van der Waals surface area (Å²) in [5, 5.41) is 3.35. The van der Waals surface area contributed by atoms with Crippen molar-refractivity contribution in [1.82, 2.24) is 14.9 Å². The Labute approximate surface area is 103 Å². The van der Waals surface area contributed by atoms with Gasteiger partial charge in [-0.1, -0.05) is 13.8 Å². The monoisotopic (exact) mass is 237 g/mol. The molecule has 0 amide bonds. The molecular weight excluding hydrogens is 214 g/mol. The zero-order valence-corrected chi connectivity index (χ0v) is 11.3. The fraction of sp³-hybridized carbons (Fsp3) is 0.692. The van der Waals surface area contributed by atoms with E-state index in [0.717, 1.165) is 24.5 Å². The molecule has 0 aliphatic heterocycles. The lowest BCUT2D eigenvalue weighted by molar-refractivity contribution is 0.509. The summed E-state index contributed by atoms with van der Waals surface area (Å²) >= 11 is 0. The lowest BCUT2D eigenvalue weighted by Crippen LogP contribution is -2.31. The van der Waals surface area contributed by atoms with E-state index in [9.17, 15) is 4.79 Å². The van der Waals surface area contributed by atoms with Gasteiger partial charge in [-0.25, -0.2) is 4.79 Å². The van der Waals surface area contributed by atoms with E-state index in [1.165, 1.54) is 6.42 Å². The second kappa shape index (κ2) is 6.55. The summed E-state index contributed by atoms with van der Waals surface area (Å²) in [6.45, 7) is 10.7. The molecule has 1 aromatic rings. The van der Waals surface area contributed by atoms with E-state index in [0.29, 0.717) is 12.5 Å². The van der Waals surface area contributed by atoms with Crippen LogP contribution in [0.15, 0.2) is 10.9 Å². The molecule has 0 saturated carbocycles. The van der Waals surface area contributed by atoms with Crippen LogP contribution in [0.2, 0.25) is 0 Å². The van der Waals surface area contributed by atoms with E-state index in [1.54, 1.807) is 4.57 Å². The van der Waals surface area contributed by atoms with E-state index < -0.39 is 0 Å². The SMILES string of the molecule is Cc1cc(C)n(CCNCCC(C)C)c(=O)n1. The average Bonchev–Trinajstić information content (AvgIpc) is 2.20. The molecule has 1 aromatic heterocycles. The quantitative estimate of drug-likeness (QED) is 0.763. The van der Waals surface area contributed by atoms with Gasteiger partial charge in [-0.2, -0.15) is 4.98 Å². The number of aromatic nitrogens is 2. The van der Waals surface area contributed by atoms with E-state index in [4.69, 9.17) is 0 Å². The fourth-order valence-corrected chi connectivity index (χ4v) is 1.75. The maximum Gasteiger partial charge on any atom is 0.347 e. The molecule has 0 aliphatic rings. The lowest BCUT2D eigenvalue weighted by atomic mass is 10.1. The third kappa shape index (κ3) is 4.69. The van der Waals surface area contributed by atoms with Gasteiger partial charge in [0.15, 0.2) is 0 Å². The Kier molecular flexibility index (Phi) is 5.35. The Hall–Kier alpha value is -1.16. The van der Waals surface area contributed by atoms with Crippen molar-refractivity contribution in [2.75, 3.05) is 13.1 Å². The smallest absolute Gasteiger partial charge is 0.315 e. The summed E-state index contributed by atoms with van der Waals surface area (Å²) in [6.07, 6.45) is 1.17. The van der Waals surface area contributed by atoms with Gasteiger partial charge in [0.25, 0.3) is 0 Å². The minimum absolute atomic E-state index is 0.145. The van der Waals surface area contributed by atoms with E-state index in [1.807, 2.05) is 19.9 Å². The van der Waals surface area contributed by atoms with Gasteiger partial charge in [-0.3, -0.25) is 4.57 Å². The van der Waals surface area contributed by atoms with Crippen molar-refractivity contribution in [3.8, 4) is 0 Å². The zero-order chi connectivity index (χ0) is 12.8. The summed E-state index contributed by atoms with van der Waals surface area (Å²) in [5.41, 5.74) is 1.62.